The van der Waals surface area contributed by atoms with Crippen LogP contribution in [0.15, 0.2) is 48.8 Å². The Balaban J connectivity index is 1.52. The van der Waals surface area contributed by atoms with Gasteiger partial charge in [0.1, 0.15) is 29.6 Å². The number of methoxy groups -OCH3 is 1. The van der Waals surface area contributed by atoms with Crippen LogP contribution in [0.4, 0.5) is 0 Å². The first-order valence-corrected chi connectivity index (χ1v) is 10.8. The molecule has 0 aliphatic carbocycles. The van der Waals surface area contributed by atoms with Gasteiger partial charge < -0.3 is 19.1 Å². The number of hydrogen-bond acceptors (Lipinski definition) is 6. The summed E-state index contributed by atoms with van der Waals surface area (Å²) in [6.45, 7) is 1.71. The smallest absolute Gasteiger partial charge is 0.144 e. The maximum atomic E-state index is 13.2. The third-order valence-corrected chi connectivity index (χ3v) is 5.72. The van der Waals surface area contributed by atoms with Gasteiger partial charge in [-0.3, -0.25) is 9.89 Å². The van der Waals surface area contributed by atoms with Gasteiger partial charge in [-0.25, -0.2) is 0 Å². The van der Waals surface area contributed by atoms with E-state index < -0.39 is 0 Å². The molecule has 0 bridgehead atoms. The SMILES string of the molecule is COc1cccc2c1CC(C(=O)Cc1ccc(-c3cn[nH]c3)cc1OCCN(C)C)CO2. The number of nitrogens with zero attached hydrogens (tertiary/aromatic N) is 2. The average molecular weight is 436 g/mol. The summed E-state index contributed by atoms with van der Waals surface area (Å²) in [5.41, 5.74) is 3.81. The zero-order valence-corrected chi connectivity index (χ0v) is 18.8. The molecule has 1 unspecified atom stereocenters. The molecule has 1 N–H and O–H groups in total. The number of ether oxygens (including phenoxy) is 3. The minimum atomic E-state index is -0.220. The maximum Gasteiger partial charge on any atom is 0.144 e. The third-order valence-electron chi connectivity index (χ3n) is 5.72. The van der Waals surface area contributed by atoms with Crippen LogP contribution in [0.25, 0.3) is 11.1 Å². The minimum absolute atomic E-state index is 0.134. The summed E-state index contributed by atoms with van der Waals surface area (Å²) in [5.74, 6) is 2.20. The number of likely N-dealkylation sites (N-methyl/N-ethyl adjacent to an activating group) is 1. The lowest BCUT2D eigenvalue weighted by molar-refractivity contribution is -0.123. The number of hydrogen-bond donors (Lipinski definition) is 1. The van der Waals surface area contributed by atoms with Crippen molar-refractivity contribution in [1.29, 1.82) is 0 Å². The highest BCUT2D eigenvalue weighted by atomic mass is 16.5. The fourth-order valence-electron chi connectivity index (χ4n) is 3.87. The quantitative estimate of drug-likeness (QED) is 0.555. The molecule has 1 atom stereocenters. The van der Waals surface area contributed by atoms with Gasteiger partial charge >= 0.3 is 0 Å². The van der Waals surface area contributed by atoms with E-state index in [1.807, 2.05) is 56.7 Å². The summed E-state index contributed by atoms with van der Waals surface area (Å²) in [4.78, 5) is 15.3. The van der Waals surface area contributed by atoms with Crippen LogP contribution < -0.4 is 14.2 Å². The highest BCUT2D eigenvalue weighted by Gasteiger charge is 2.28. The molecule has 0 saturated heterocycles. The van der Waals surface area contributed by atoms with Crippen molar-refractivity contribution in [3.63, 3.8) is 0 Å². The molecular formula is C25H29N3O4. The largest absolute Gasteiger partial charge is 0.496 e. The summed E-state index contributed by atoms with van der Waals surface area (Å²) in [6.07, 6.45) is 4.52. The second kappa shape index (κ2) is 9.87. The van der Waals surface area contributed by atoms with Gasteiger partial charge in [-0.15, -0.1) is 0 Å². The van der Waals surface area contributed by atoms with Crippen molar-refractivity contribution in [2.75, 3.05) is 41.0 Å². The van der Waals surface area contributed by atoms with Crippen molar-refractivity contribution in [1.82, 2.24) is 15.1 Å². The molecule has 168 valence electrons. The van der Waals surface area contributed by atoms with Gasteiger partial charge in [-0.05, 0) is 44.3 Å². The van der Waals surface area contributed by atoms with Crippen molar-refractivity contribution in [3.05, 3.63) is 59.9 Å². The van der Waals surface area contributed by atoms with Gasteiger partial charge in [-0.1, -0.05) is 18.2 Å². The number of H-pyrrole nitrogens is 1. The fourth-order valence-corrected chi connectivity index (χ4v) is 3.87. The number of benzene rings is 2. The summed E-state index contributed by atoms with van der Waals surface area (Å²) in [7, 11) is 5.65. The van der Waals surface area contributed by atoms with Crippen molar-refractivity contribution in [2.45, 2.75) is 12.8 Å². The highest BCUT2D eigenvalue weighted by Crippen LogP contribution is 2.35. The predicted molar refractivity (Wildman–Crippen MR) is 122 cm³/mol. The number of nitrogens with one attached hydrogen (secondary N) is 1. The zero-order valence-electron chi connectivity index (χ0n) is 18.8. The van der Waals surface area contributed by atoms with Gasteiger partial charge in [0.15, 0.2) is 0 Å². The fraction of sp³-hybridized carbons (Fsp3) is 0.360. The molecule has 0 spiro atoms. The van der Waals surface area contributed by atoms with Gasteiger partial charge in [0.25, 0.3) is 0 Å². The van der Waals surface area contributed by atoms with Gasteiger partial charge in [0.05, 0.1) is 25.8 Å². The monoisotopic (exact) mass is 435 g/mol. The molecule has 7 nitrogen and oxygen atoms in total. The van der Waals surface area contributed by atoms with Gasteiger partial charge in [0, 0.05) is 35.9 Å². The first-order chi connectivity index (χ1) is 15.5. The van der Waals surface area contributed by atoms with E-state index >= 15 is 0 Å². The van der Waals surface area contributed by atoms with E-state index in [1.54, 1.807) is 13.3 Å². The number of rotatable bonds is 9. The van der Waals surface area contributed by atoms with Crippen LogP contribution in [-0.2, 0) is 17.6 Å². The molecule has 32 heavy (non-hydrogen) atoms. The highest BCUT2D eigenvalue weighted by molar-refractivity contribution is 5.85. The van der Waals surface area contributed by atoms with E-state index in [1.165, 1.54) is 0 Å². The summed E-state index contributed by atoms with van der Waals surface area (Å²) in [5, 5.41) is 6.86. The van der Waals surface area contributed by atoms with Crippen molar-refractivity contribution < 1.29 is 19.0 Å². The molecule has 7 heteroatoms. The van der Waals surface area contributed by atoms with Crippen LogP contribution >= 0.6 is 0 Å². The zero-order chi connectivity index (χ0) is 22.5. The Labute approximate surface area is 188 Å². The Morgan fingerprint density at radius 1 is 1.22 bits per heavy atom. The topological polar surface area (TPSA) is 76.7 Å². The molecular weight excluding hydrogens is 406 g/mol. The molecule has 0 fully saturated rings. The number of ketones is 1. The van der Waals surface area contributed by atoms with E-state index in [9.17, 15) is 4.79 Å². The van der Waals surface area contributed by atoms with Crippen molar-refractivity contribution in [3.8, 4) is 28.4 Å². The molecule has 0 radical (unpaired) electrons. The van der Waals surface area contributed by atoms with E-state index in [0.717, 1.165) is 46.0 Å². The van der Waals surface area contributed by atoms with Crippen LogP contribution in [0.5, 0.6) is 17.2 Å². The van der Waals surface area contributed by atoms with Crippen LogP contribution in [0.2, 0.25) is 0 Å². The van der Waals surface area contributed by atoms with Crippen LogP contribution in [-0.4, -0.2) is 61.8 Å². The molecule has 0 saturated carbocycles. The first-order valence-electron chi connectivity index (χ1n) is 10.8. The van der Waals surface area contributed by atoms with E-state index in [0.29, 0.717) is 26.1 Å². The van der Waals surface area contributed by atoms with Gasteiger partial charge in [-0.2, -0.15) is 5.10 Å². The number of Topliss-reactive ketones (excluding diaryl/α,β-unsaturated/α-hetero) is 1. The second-order valence-electron chi connectivity index (χ2n) is 8.25. The molecule has 1 aliphatic heterocycles. The Bertz CT molecular complexity index is 1050. The number of aromatic amines is 1. The molecule has 1 aliphatic rings. The lowest BCUT2D eigenvalue weighted by Gasteiger charge is -2.26. The molecule has 4 rings (SSSR count). The Morgan fingerprint density at radius 3 is 2.84 bits per heavy atom. The van der Waals surface area contributed by atoms with Crippen molar-refractivity contribution >= 4 is 5.78 Å². The molecule has 1 aromatic heterocycles. The molecule has 3 aromatic rings. The van der Waals surface area contributed by atoms with E-state index in [2.05, 4.69) is 15.1 Å². The van der Waals surface area contributed by atoms with Crippen LogP contribution in [0.1, 0.15) is 11.1 Å². The summed E-state index contributed by atoms with van der Waals surface area (Å²) >= 11 is 0. The van der Waals surface area contributed by atoms with Gasteiger partial charge in [0.2, 0.25) is 0 Å². The summed E-state index contributed by atoms with van der Waals surface area (Å²) in [6, 6.07) is 11.7. The maximum absolute atomic E-state index is 13.2. The standard InChI is InChI=1S/C25H29N3O4/c1-28(2)9-10-31-25-13-17(20-14-26-27-15-20)7-8-18(25)12-22(29)19-11-21-23(30-3)5-4-6-24(21)32-16-19/h4-8,13-15,19H,9-12,16H2,1-3H3,(H,26,27). The van der Waals surface area contributed by atoms with Crippen LogP contribution in [0, 0.1) is 5.92 Å². The van der Waals surface area contributed by atoms with E-state index in [-0.39, 0.29) is 11.7 Å². The number of carbonyl (C=O) groups excluding carboxylic acids is 1. The van der Waals surface area contributed by atoms with Crippen LogP contribution in [0.3, 0.4) is 0 Å². The second-order valence-corrected chi connectivity index (χ2v) is 8.25. The van der Waals surface area contributed by atoms with E-state index in [4.69, 9.17) is 14.2 Å². The molecule has 0 amide bonds. The Hall–Kier alpha value is -3.32. The first kappa shape index (κ1) is 21.9. The predicted octanol–water partition coefficient (Wildman–Crippen LogP) is 3.39. The average Bonchev–Trinajstić information content (AvgIpc) is 3.34. The molecule has 2 aromatic carbocycles. The number of aromatic nitrogens is 2. The number of carbonyl (C=O) groups is 1. The Morgan fingerprint density at radius 2 is 2.09 bits per heavy atom. The minimum Gasteiger partial charge on any atom is -0.496 e. The summed E-state index contributed by atoms with van der Waals surface area (Å²) < 4.78 is 17.4. The Kier molecular flexibility index (Phi) is 6.75. The normalized spacial score (nSPS) is 15.2. The lowest BCUT2D eigenvalue weighted by atomic mass is 9.89. The van der Waals surface area contributed by atoms with Crippen molar-refractivity contribution in [2.24, 2.45) is 5.92 Å². The molecule has 2 heterocycles. The third kappa shape index (κ3) is 4.94. The number of fused-ring (bicyclic) bond motifs is 1. The lowest BCUT2D eigenvalue weighted by Crippen LogP contribution is -2.29.